The van der Waals surface area contributed by atoms with Crippen molar-refractivity contribution in [3.63, 3.8) is 0 Å². The molecule has 0 aromatic carbocycles. The monoisotopic (exact) mass is 256 g/mol. The van der Waals surface area contributed by atoms with Gasteiger partial charge in [-0.05, 0) is 52.5 Å². The largest absolute Gasteiger partial charge is 0.298 e. The number of nitrogens with zero attached hydrogens (tertiary/aromatic N) is 2. The van der Waals surface area contributed by atoms with Gasteiger partial charge in [-0.3, -0.25) is 9.80 Å². The molecule has 0 amide bonds. The zero-order valence-electron chi connectivity index (χ0n) is 12.5. The fraction of sp³-hybridized carbons (Fsp3) is 1.00. The highest BCUT2D eigenvalue weighted by Gasteiger charge is 2.33. The number of hydrogen-bond donors (Lipinski definition) is 0. The van der Waals surface area contributed by atoms with Gasteiger partial charge in [-0.15, -0.1) is 0 Å². The number of likely N-dealkylation sites (tertiary alicyclic amines) is 2. The molecule has 0 unspecified atom stereocenters. The molecule has 2 aliphatic heterocycles. The molecule has 0 saturated carbocycles. The van der Waals surface area contributed by atoms with Crippen LogP contribution in [0, 0.1) is 5.92 Å². The van der Waals surface area contributed by atoms with Crippen LogP contribution in [0.2, 0.25) is 0 Å². The molecule has 0 radical (unpaired) electrons. The van der Waals surface area contributed by atoms with E-state index in [9.17, 15) is 4.39 Å². The quantitative estimate of drug-likeness (QED) is 0.712. The van der Waals surface area contributed by atoms with E-state index in [1.165, 1.54) is 12.8 Å². The Bertz CT molecular complexity index is 266. The van der Waals surface area contributed by atoms with E-state index in [0.717, 1.165) is 26.1 Å². The molecular weight excluding hydrogens is 227 g/mol. The summed E-state index contributed by atoms with van der Waals surface area (Å²) in [5.74, 6) is 0.260. The molecule has 2 rings (SSSR count). The summed E-state index contributed by atoms with van der Waals surface area (Å²) in [6.45, 7) is 13.0. The molecule has 2 saturated heterocycles. The van der Waals surface area contributed by atoms with Crippen molar-refractivity contribution in [1.29, 1.82) is 0 Å². The summed E-state index contributed by atoms with van der Waals surface area (Å²) in [5.41, 5.74) is 0.282. The van der Waals surface area contributed by atoms with Crippen molar-refractivity contribution >= 4 is 0 Å². The van der Waals surface area contributed by atoms with E-state index in [1.54, 1.807) is 0 Å². The normalized spacial score (nSPS) is 33.8. The van der Waals surface area contributed by atoms with Crippen molar-refractivity contribution in [3.8, 4) is 0 Å². The van der Waals surface area contributed by atoms with Gasteiger partial charge in [-0.2, -0.15) is 0 Å². The van der Waals surface area contributed by atoms with Gasteiger partial charge in [0.2, 0.25) is 0 Å². The molecule has 0 aromatic heterocycles. The van der Waals surface area contributed by atoms with Crippen molar-refractivity contribution in [3.05, 3.63) is 0 Å². The standard InChI is InChI=1S/C15H29FN2/c1-12-5-8-17(11-14(12)16)13-6-9-18(10-7-13)15(2,3)4/h12-14H,5-11H2,1-4H3/t12-,14-/m1/s1. The lowest BCUT2D eigenvalue weighted by Gasteiger charge is -2.45. The van der Waals surface area contributed by atoms with Crippen LogP contribution in [0.3, 0.4) is 0 Å². The lowest BCUT2D eigenvalue weighted by atomic mass is 9.92. The molecular formula is C15H29FN2. The SMILES string of the molecule is C[C@@H]1CCN(C2CCN(C(C)(C)C)CC2)C[C@H]1F. The first-order valence-corrected chi connectivity index (χ1v) is 7.51. The Kier molecular flexibility index (Phi) is 4.32. The molecule has 0 aliphatic carbocycles. The predicted octanol–water partition coefficient (Wildman–Crippen LogP) is 2.93. The second-order valence-electron chi connectivity index (χ2n) is 7.17. The van der Waals surface area contributed by atoms with E-state index in [2.05, 4.69) is 30.6 Å². The van der Waals surface area contributed by atoms with Gasteiger partial charge >= 0.3 is 0 Å². The number of piperidine rings is 2. The second kappa shape index (κ2) is 5.46. The van der Waals surface area contributed by atoms with Gasteiger partial charge in [-0.25, -0.2) is 4.39 Å². The maximum atomic E-state index is 13.8. The molecule has 3 heteroatoms. The molecule has 0 spiro atoms. The van der Waals surface area contributed by atoms with Crippen LogP contribution in [-0.2, 0) is 0 Å². The summed E-state index contributed by atoms with van der Waals surface area (Å²) in [7, 11) is 0. The summed E-state index contributed by atoms with van der Waals surface area (Å²) in [4.78, 5) is 4.97. The molecule has 0 bridgehead atoms. The lowest BCUT2D eigenvalue weighted by molar-refractivity contribution is 0.0167. The minimum atomic E-state index is -0.612. The Labute approximate surface area is 112 Å². The van der Waals surface area contributed by atoms with Crippen molar-refractivity contribution < 1.29 is 4.39 Å². The summed E-state index contributed by atoms with van der Waals surface area (Å²) in [6.07, 6.45) is 2.83. The zero-order chi connectivity index (χ0) is 13.3. The average Bonchev–Trinajstić information content (AvgIpc) is 2.32. The smallest absolute Gasteiger partial charge is 0.115 e. The first-order valence-electron chi connectivity index (χ1n) is 7.51. The second-order valence-corrected chi connectivity index (χ2v) is 7.17. The van der Waals surface area contributed by atoms with E-state index < -0.39 is 6.17 Å². The van der Waals surface area contributed by atoms with Crippen LogP contribution >= 0.6 is 0 Å². The van der Waals surface area contributed by atoms with Crippen LogP contribution in [0.4, 0.5) is 4.39 Å². The number of rotatable bonds is 1. The Hall–Kier alpha value is -0.150. The number of hydrogen-bond acceptors (Lipinski definition) is 2. The van der Waals surface area contributed by atoms with E-state index in [4.69, 9.17) is 0 Å². The van der Waals surface area contributed by atoms with E-state index in [0.29, 0.717) is 12.6 Å². The molecule has 2 aliphatic rings. The highest BCUT2D eigenvalue weighted by atomic mass is 19.1. The van der Waals surface area contributed by atoms with Crippen LogP contribution in [0.1, 0.15) is 47.0 Å². The van der Waals surface area contributed by atoms with E-state index >= 15 is 0 Å². The molecule has 18 heavy (non-hydrogen) atoms. The van der Waals surface area contributed by atoms with Crippen LogP contribution in [0.15, 0.2) is 0 Å². The summed E-state index contributed by atoms with van der Waals surface area (Å²) < 4.78 is 13.8. The van der Waals surface area contributed by atoms with Gasteiger partial charge in [0.1, 0.15) is 6.17 Å². The van der Waals surface area contributed by atoms with Crippen molar-refractivity contribution in [2.75, 3.05) is 26.2 Å². The third kappa shape index (κ3) is 3.24. The van der Waals surface area contributed by atoms with Crippen molar-refractivity contribution in [1.82, 2.24) is 9.80 Å². The minimum Gasteiger partial charge on any atom is -0.298 e. The Morgan fingerprint density at radius 1 is 1.00 bits per heavy atom. The van der Waals surface area contributed by atoms with Gasteiger partial charge in [0.25, 0.3) is 0 Å². The van der Waals surface area contributed by atoms with Crippen LogP contribution in [0.25, 0.3) is 0 Å². The zero-order valence-corrected chi connectivity index (χ0v) is 12.5. The van der Waals surface area contributed by atoms with Gasteiger partial charge in [0, 0.05) is 31.2 Å². The van der Waals surface area contributed by atoms with E-state index in [1.807, 2.05) is 6.92 Å². The maximum Gasteiger partial charge on any atom is 0.115 e. The number of halogens is 1. The van der Waals surface area contributed by atoms with Crippen LogP contribution in [-0.4, -0.2) is 53.7 Å². The van der Waals surface area contributed by atoms with Gasteiger partial charge in [0.15, 0.2) is 0 Å². The first-order chi connectivity index (χ1) is 8.38. The Morgan fingerprint density at radius 2 is 1.61 bits per heavy atom. The molecule has 2 atom stereocenters. The fourth-order valence-corrected chi connectivity index (χ4v) is 3.28. The Morgan fingerprint density at radius 3 is 2.11 bits per heavy atom. The lowest BCUT2D eigenvalue weighted by Crippen LogP contribution is -2.53. The molecule has 0 aromatic rings. The van der Waals surface area contributed by atoms with Crippen molar-refractivity contribution in [2.45, 2.75) is 64.7 Å². The van der Waals surface area contributed by atoms with Gasteiger partial charge in [0.05, 0.1) is 0 Å². The molecule has 2 fully saturated rings. The summed E-state index contributed by atoms with van der Waals surface area (Å²) in [5, 5.41) is 0. The maximum absolute atomic E-state index is 13.8. The number of alkyl halides is 1. The third-order valence-electron chi connectivity index (χ3n) is 4.83. The highest BCUT2D eigenvalue weighted by Crippen LogP contribution is 2.27. The predicted molar refractivity (Wildman–Crippen MR) is 74.6 cm³/mol. The van der Waals surface area contributed by atoms with E-state index in [-0.39, 0.29) is 11.5 Å². The highest BCUT2D eigenvalue weighted by molar-refractivity contribution is 4.88. The topological polar surface area (TPSA) is 6.48 Å². The van der Waals surface area contributed by atoms with Crippen molar-refractivity contribution in [2.24, 2.45) is 5.92 Å². The van der Waals surface area contributed by atoms with Crippen LogP contribution in [0.5, 0.6) is 0 Å². The van der Waals surface area contributed by atoms with Crippen LogP contribution < -0.4 is 0 Å². The van der Waals surface area contributed by atoms with Gasteiger partial charge in [-0.1, -0.05) is 6.92 Å². The summed E-state index contributed by atoms with van der Waals surface area (Å²) >= 11 is 0. The molecule has 106 valence electrons. The average molecular weight is 256 g/mol. The first kappa shape index (κ1) is 14.3. The third-order valence-corrected chi connectivity index (χ3v) is 4.83. The molecule has 0 N–H and O–H groups in total. The minimum absolute atomic E-state index is 0.260. The van der Waals surface area contributed by atoms with Gasteiger partial charge < -0.3 is 0 Å². The summed E-state index contributed by atoms with van der Waals surface area (Å²) in [6, 6.07) is 0.620. The molecule has 2 nitrogen and oxygen atoms in total. The molecule has 2 heterocycles. The fourth-order valence-electron chi connectivity index (χ4n) is 3.28. The Balaban J connectivity index is 1.83.